The Kier molecular flexibility index (Phi) is 5.48. The summed E-state index contributed by atoms with van der Waals surface area (Å²) in [7, 11) is 1.68. The maximum atomic E-state index is 6.31. The van der Waals surface area contributed by atoms with Crippen molar-refractivity contribution in [3.63, 3.8) is 0 Å². The zero-order valence-corrected chi connectivity index (χ0v) is 14.0. The van der Waals surface area contributed by atoms with Gasteiger partial charge in [0.2, 0.25) is 0 Å². The van der Waals surface area contributed by atoms with Gasteiger partial charge in [-0.15, -0.1) is 11.6 Å². The lowest BCUT2D eigenvalue weighted by Gasteiger charge is -2.19. The molecule has 5 heteroatoms. The molecule has 1 aromatic heterocycles. The van der Waals surface area contributed by atoms with Gasteiger partial charge in [-0.2, -0.15) is 0 Å². The smallest absolute Gasteiger partial charge is 0.127 e. The molecule has 0 aliphatic carbocycles. The van der Waals surface area contributed by atoms with Crippen molar-refractivity contribution in [1.29, 1.82) is 0 Å². The summed E-state index contributed by atoms with van der Waals surface area (Å²) in [6, 6.07) is 5.96. The molecular formula is C16H24ClN3O. The molecule has 116 valence electrons. The van der Waals surface area contributed by atoms with Crippen LogP contribution in [0.3, 0.4) is 0 Å². The number of ether oxygens (including phenoxy) is 1. The third-order valence-corrected chi connectivity index (χ3v) is 4.07. The monoisotopic (exact) mass is 309 g/mol. The standard InChI is InChI=1S/C16H24ClN3O/c1-5-19(6-2)9-10-20-15-11-13(21-4)7-8-14(15)18-16(20)12(3)17/h7-8,11-12H,5-6,9-10H2,1-4H3. The maximum absolute atomic E-state index is 6.31. The van der Waals surface area contributed by atoms with E-state index in [-0.39, 0.29) is 5.38 Å². The molecule has 21 heavy (non-hydrogen) atoms. The lowest BCUT2D eigenvalue weighted by atomic mass is 10.3. The molecule has 4 nitrogen and oxygen atoms in total. The number of aromatic nitrogens is 2. The van der Waals surface area contributed by atoms with Crippen molar-refractivity contribution in [3.8, 4) is 5.75 Å². The average Bonchev–Trinajstić information content (AvgIpc) is 2.86. The normalized spacial score (nSPS) is 13.0. The molecule has 0 radical (unpaired) electrons. The number of nitrogens with zero attached hydrogens (tertiary/aromatic N) is 3. The van der Waals surface area contributed by atoms with Gasteiger partial charge in [0, 0.05) is 19.2 Å². The van der Waals surface area contributed by atoms with E-state index in [4.69, 9.17) is 16.3 Å². The fourth-order valence-corrected chi connectivity index (χ4v) is 2.73. The average molecular weight is 310 g/mol. The van der Waals surface area contributed by atoms with E-state index in [0.717, 1.165) is 48.8 Å². The first-order chi connectivity index (χ1) is 10.1. The fourth-order valence-electron chi connectivity index (χ4n) is 2.57. The molecule has 0 saturated carbocycles. The Morgan fingerprint density at radius 3 is 2.62 bits per heavy atom. The van der Waals surface area contributed by atoms with Gasteiger partial charge in [-0.1, -0.05) is 13.8 Å². The SMILES string of the molecule is CCN(CC)CCn1c(C(C)Cl)nc2ccc(OC)cc21. The van der Waals surface area contributed by atoms with Crippen LogP contribution in [0.15, 0.2) is 18.2 Å². The molecule has 2 aromatic rings. The van der Waals surface area contributed by atoms with Gasteiger partial charge in [0.05, 0.1) is 23.5 Å². The van der Waals surface area contributed by atoms with E-state index in [2.05, 4.69) is 28.3 Å². The molecule has 1 unspecified atom stereocenters. The molecular weight excluding hydrogens is 286 g/mol. The summed E-state index contributed by atoms with van der Waals surface area (Å²) in [6.07, 6.45) is 0. The Morgan fingerprint density at radius 1 is 1.33 bits per heavy atom. The number of methoxy groups -OCH3 is 1. The van der Waals surface area contributed by atoms with Crippen LogP contribution in [0.25, 0.3) is 11.0 Å². The largest absolute Gasteiger partial charge is 0.497 e. The second kappa shape index (κ2) is 7.14. The van der Waals surface area contributed by atoms with Gasteiger partial charge in [0.15, 0.2) is 0 Å². The summed E-state index contributed by atoms with van der Waals surface area (Å²) in [5.41, 5.74) is 2.06. The molecule has 0 bridgehead atoms. The summed E-state index contributed by atoms with van der Waals surface area (Å²) in [6.45, 7) is 10.3. The highest BCUT2D eigenvalue weighted by Crippen LogP contribution is 2.27. The molecule has 0 aliphatic rings. The third kappa shape index (κ3) is 3.50. The lowest BCUT2D eigenvalue weighted by Crippen LogP contribution is -2.27. The van der Waals surface area contributed by atoms with E-state index in [9.17, 15) is 0 Å². The van der Waals surface area contributed by atoms with Crippen LogP contribution in [0, 0.1) is 0 Å². The molecule has 1 atom stereocenters. The number of halogens is 1. The summed E-state index contributed by atoms with van der Waals surface area (Å²) in [5.74, 6) is 1.77. The second-order valence-corrected chi connectivity index (χ2v) is 5.77. The minimum atomic E-state index is -0.111. The zero-order chi connectivity index (χ0) is 15.4. The van der Waals surface area contributed by atoms with Crippen molar-refractivity contribution in [2.75, 3.05) is 26.7 Å². The molecule has 0 N–H and O–H groups in total. The van der Waals surface area contributed by atoms with Gasteiger partial charge in [-0.3, -0.25) is 0 Å². The van der Waals surface area contributed by atoms with Gasteiger partial charge in [0.25, 0.3) is 0 Å². The molecule has 0 spiro atoms. The number of imidazole rings is 1. The molecule has 0 amide bonds. The topological polar surface area (TPSA) is 30.3 Å². The number of likely N-dealkylation sites (N-methyl/N-ethyl adjacent to an activating group) is 1. The van der Waals surface area contributed by atoms with Crippen LogP contribution in [-0.2, 0) is 6.54 Å². The molecule has 0 aliphatic heterocycles. The number of hydrogen-bond donors (Lipinski definition) is 0. The Hall–Kier alpha value is -1.26. The van der Waals surface area contributed by atoms with Crippen LogP contribution in [0.1, 0.15) is 32.0 Å². The first kappa shape index (κ1) is 16.1. The van der Waals surface area contributed by atoms with Crippen molar-refractivity contribution in [3.05, 3.63) is 24.0 Å². The summed E-state index contributed by atoms with van der Waals surface area (Å²) in [5, 5.41) is -0.111. The minimum absolute atomic E-state index is 0.111. The van der Waals surface area contributed by atoms with Gasteiger partial charge in [-0.05, 0) is 32.1 Å². The van der Waals surface area contributed by atoms with Crippen LogP contribution in [0.2, 0.25) is 0 Å². The Balaban J connectivity index is 2.39. The summed E-state index contributed by atoms with van der Waals surface area (Å²) >= 11 is 6.31. The zero-order valence-electron chi connectivity index (χ0n) is 13.3. The van der Waals surface area contributed by atoms with E-state index >= 15 is 0 Å². The molecule has 2 rings (SSSR count). The van der Waals surface area contributed by atoms with Crippen LogP contribution in [0.5, 0.6) is 5.75 Å². The van der Waals surface area contributed by atoms with Crippen LogP contribution in [-0.4, -0.2) is 41.2 Å². The number of fused-ring (bicyclic) bond motifs is 1. The first-order valence-corrected chi connectivity index (χ1v) is 7.94. The highest BCUT2D eigenvalue weighted by Gasteiger charge is 2.16. The third-order valence-electron chi connectivity index (χ3n) is 3.87. The van der Waals surface area contributed by atoms with Crippen molar-refractivity contribution in [2.24, 2.45) is 0 Å². The Labute approximate surface area is 131 Å². The van der Waals surface area contributed by atoms with Crippen molar-refractivity contribution in [1.82, 2.24) is 14.5 Å². The lowest BCUT2D eigenvalue weighted by molar-refractivity contribution is 0.290. The van der Waals surface area contributed by atoms with Crippen molar-refractivity contribution < 1.29 is 4.74 Å². The van der Waals surface area contributed by atoms with Gasteiger partial charge >= 0.3 is 0 Å². The maximum Gasteiger partial charge on any atom is 0.127 e. The predicted octanol–water partition coefficient (Wildman–Crippen LogP) is 3.69. The van der Waals surface area contributed by atoms with Gasteiger partial charge < -0.3 is 14.2 Å². The van der Waals surface area contributed by atoms with E-state index < -0.39 is 0 Å². The summed E-state index contributed by atoms with van der Waals surface area (Å²) in [4.78, 5) is 7.07. The van der Waals surface area contributed by atoms with Crippen LogP contribution >= 0.6 is 11.6 Å². The molecule has 1 aromatic carbocycles. The van der Waals surface area contributed by atoms with Gasteiger partial charge in [-0.25, -0.2) is 4.98 Å². The van der Waals surface area contributed by atoms with Gasteiger partial charge in [0.1, 0.15) is 11.6 Å². The fraction of sp³-hybridized carbons (Fsp3) is 0.562. The van der Waals surface area contributed by atoms with E-state index in [1.807, 2.05) is 25.1 Å². The Morgan fingerprint density at radius 2 is 2.05 bits per heavy atom. The first-order valence-electron chi connectivity index (χ1n) is 7.51. The summed E-state index contributed by atoms with van der Waals surface area (Å²) < 4.78 is 7.55. The quantitative estimate of drug-likeness (QED) is 0.731. The molecule has 0 saturated heterocycles. The highest BCUT2D eigenvalue weighted by atomic mass is 35.5. The Bertz CT molecular complexity index is 590. The number of hydrogen-bond acceptors (Lipinski definition) is 3. The number of rotatable bonds is 7. The molecule has 0 fully saturated rings. The predicted molar refractivity (Wildman–Crippen MR) is 88.3 cm³/mol. The van der Waals surface area contributed by atoms with Crippen LogP contribution in [0.4, 0.5) is 0 Å². The van der Waals surface area contributed by atoms with E-state index in [1.165, 1.54) is 0 Å². The van der Waals surface area contributed by atoms with E-state index in [1.54, 1.807) is 7.11 Å². The van der Waals surface area contributed by atoms with Crippen LogP contribution < -0.4 is 4.74 Å². The minimum Gasteiger partial charge on any atom is -0.497 e. The van der Waals surface area contributed by atoms with E-state index in [0.29, 0.717) is 0 Å². The van der Waals surface area contributed by atoms with Crippen molar-refractivity contribution >= 4 is 22.6 Å². The molecule has 1 heterocycles. The highest BCUT2D eigenvalue weighted by molar-refractivity contribution is 6.20. The number of benzene rings is 1. The van der Waals surface area contributed by atoms with Crippen molar-refractivity contribution in [2.45, 2.75) is 32.7 Å². The number of alkyl halides is 1. The second-order valence-electron chi connectivity index (χ2n) is 5.12.